The summed E-state index contributed by atoms with van der Waals surface area (Å²) in [4.78, 5) is 11.1. The van der Waals surface area contributed by atoms with Gasteiger partial charge in [-0.3, -0.25) is 0 Å². The van der Waals surface area contributed by atoms with Crippen LogP contribution >= 0.6 is 0 Å². The lowest BCUT2D eigenvalue weighted by Gasteiger charge is -2.31. The van der Waals surface area contributed by atoms with E-state index in [0.29, 0.717) is 0 Å². The van der Waals surface area contributed by atoms with Crippen molar-refractivity contribution in [1.29, 1.82) is 0 Å². The molecule has 0 spiro atoms. The molecule has 4 heteroatoms. The van der Waals surface area contributed by atoms with E-state index in [1.165, 1.54) is 32.5 Å². The monoisotopic (exact) mass is 234 g/mol. The summed E-state index contributed by atoms with van der Waals surface area (Å²) in [5, 5.41) is 3.35. The van der Waals surface area contributed by atoms with E-state index in [1.54, 1.807) is 0 Å². The minimum Gasteiger partial charge on any atom is -0.354 e. The first-order chi connectivity index (χ1) is 8.28. The Morgan fingerprint density at radius 2 is 2.18 bits per heavy atom. The van der Waals surface area contributed by atoms with Crippen molar-refractivity contribution in [3.8, 4) is 0 Å². The van der Waals surface area contributed by atoms with Crippen LogP contribution in [-0.4, -0.2) is 41.0 Å². The molecule has 0 aliphatic carbocycles. The number of aryl methyl sites for hydroxylation is 1. The predicted octanol–water partition coefficient (Wildman–Crippen LogP) is 1.93. The molecule has 0 unspecified atom stereocenters. The third-order valence-corrected chi connectivity index (χ3v) is 3.50. The molecule has 0 saturated carbocycles. The summed E-state index contributed by atoms with van der Waals surface area (Å²) in [6.07, 6.45) is 4.38. The second-order valence-electron chi connectivity index (χ2n) is 4.78. The molecule has 2 heterocycles. The Morgan fingerprint density at radius 3 is 2.82 bits per heavy atom. The molecule has 17 heavy (non-hydrogen) atoms. The van der Waals surface area contributed by atoms with Crippen molar-refractivity contribution in [2.45, 2.75) is 26.7 Å². The van der Waals surface area contributed by atoms with Gasteiger partial charge in [-0.25, -0.2) is 9.97 Å². The minimum atomic E-state index is 0.766. The van der Waals surface area contributed by atoms with E-state index in [2.05, 4.69) is 27.1 Å². The number of nitrogens with one attached hydrogen (secondary N) is 1. The molecule has 94 valence electrons. The summed E-state index contributed by atoms with van der Waals surface area (Å²) < 4.78 is 0. The van der Waals surface area contributed by atoms with Gasteiger partial charge in [0, 0.05) is 18.4 Å². The van der Waals surface area contributed by atoms with E-state index in [1.807, 2.05) is 19.2 Å². The van der Waals surface area contributed by atoms with Crippen molar-refractivity contribution in [1.82, 2.24) is 14.9 Å². The molecular weight excluding hydrogens is 212 g/mol. The first kappa shape index (κ1) is 12.3. The highest BCUT2D eigenvalue weighted by molar-refractivity contribution is 5.24. The van der Waals surface area contributed by atoms with Crippen LogP contribution in [-0.2, 0) is 0 Å². The molecule has 1 N–H and O–H groups in total. The standard InChI is InChI=1S/C13H22N4/c1-3-17-8-5-12(6-9-17)10-15-13-14-7-4-11(2)16-13/h4,7,12H,3,5-6,8-10H2,1-2H3,(H,14,15,16). The Bertz CT molecular complexity index is 345. The van der Waals surface area contributed by atoms with Crippen LogP contribution in [0.4, 0.5) is 5.95 Å². The number of hydrogen-bond acceptors (Lipinski definition) is 4. The Balaban J connectivity index is 1.76. The first-order valence-corrected chi connectivity index (χ1v) is 6.54. The highest BCUT2D eigenvalue weighted by atomic mass is 15.1. The number of rotatable bonds is 4. The molecule has 1 saturated heterocycles. The Kier molecular flexibility index (Phi) is 4.31. The molecule has 4 nitrogen and oxygen atoms in total. The highest BCUT2D eigenvalue weighted by Crippen LogP contribution is 2.17. The molecule has 1 fully saturated rings. The van der Waals surface area contributed by atoms with Crippen LogP contribution in [0.2, 0.25) is 0 Å². The molecule has 2 rings (SSSR count). The molecule has 0 bridgehead atoms. The van der Waals surface area contributed by atoms with E-state index in [4.69, 9.17) is 0 Å². The normalized spacial score (nSPS) is 18.2. The number of likely N-dealkylation sites (tertiary alicyclic amines) is 1. The maximum absolute atomic E-state index is 4.36. The summed E-state index contributed by atoms with van der Waals surface area (Å²) in [5.41, 5.74) is 1.02. The molecule has 0 amide bonds. The van der Waals surface area contributed by atoms with Crippen molar-refractivity contribution in [2.75, 3.05) is 31.5 Å². The fourth-order valence-corrected chi connectivity index (χ4v) is 2.28. The maximum Gasteiger partial charge on any atom is 0.222 e. The SMILES string of the molecule is CCN1CCC(CNc2nccc(C)n2)CC1. The lowest BCUT2D eigenvalue weighted by Crippen LogP contribution is -2.35. The van der Waals surface area contributed by atoms with E-state index < -0.39 is 0 Å². The van der Waals surface area contributed by atoms with E-state index in [9.17, 15) is 0 Å². The van der Waals surface area contributed by atoms with Gasteiger partial charge in [0.25, 0.3) is 0 Å². The number of hydrogen-bond donors (Lipinski definition) is 1. The summed E-state index contributed by atoms with van der Waals surface area (Å²) in [6, 6.07) is 1.92. The topological polar surface area (TPSA) is 41.0 Å². The van der Waals surface area contributed by atoms with Gasteiger partial charge in [0.2, 0.25) is 5.95 Å². The third kappa shape index (κ3) is 3.66. The lowest BCUT2D eigenvalue weighted by molar-refractivity contribution is 0.198. The van der Waals surface area contributed by atoms with Gasteiger partial charge in [-0.2, -0.15) is 0 Å². The fourth-order valence-electron chi connectivity index (χ4n) is 2.28. The van der Waals surface area contributed by atoms with Crippen LogP contribution < -0.4 is 5.32 Å². The van der Waals surface area contributed by atoms with Gasteiger partial charge < -0.3 is 10.2 Å². The van der Waals surface area contributed by atoms with Crippen LogP contribution in [0.15, 0.2) is 12.3 Å². The van der Waals surface area contributed by atoms with Crippen LogP contribution in [0.3, 0.4) is 0 Å². The Labute approximate surface area is 103 Å². The average molecular weight is 234 g/mol. The number of aromatic nitrogens is 2. The molecule has 0 radical (unpaired) electrons. The third-order valence-electron chi connectivity index (χ3n) is 3.50. The lowest BCUT2D eigenvalue weighted by atomic mass is 9.97. The van der Waals surface area contributed by atoms with E-state index in [0.717, 1.165) is 24.1 Å². The Morgan fingerprint density at radius 1 is 1.41 bits per heavy atom. The number of anilines is 1. The van der Waals surface area contributed by atoms with Crippen LogP contribution in [0.5, 0.6) is 0 Å². The van der Waals surface area contributed by atoms with Gasteiger partial charge in [-0.15, -0.1) is 0 Å². The predicted molar refractivity (Wildman–Crippen MR) is 70.1 cm³/mol. The van der Waals surface area contributed by atoms with Crippen molar-refractivity contribution >= 4 is 5.95 Å². The van der Waals surface area contributed by atoms with Gasteiger partial charge in [0.05, 0.1) is 0 Å². The summed E-state index contributed by atoms with van der Waals surface area (Å²) in [5.74, 6) is 1.53. The van der Waals surface area contributed by atoms with Crippen LogP contribution in [0, 0.1) is 12.8 Å². The smallest absolute Gasteiger partial charge is 0.222 e. The Hall–Kier alpha value is -1.16. The second-order valence-corrected chi connectivity index (χ2v) is 4.78. The fraction of sp³-hybridized carbons (Fsp3) is 0.692. The second kappa shape index (κ2) is 5.96. The largest absolute Gasteiger partial charge is 0.354 e. The van der Waals surface area contributed by atoms with Crippen LogP contribution in [0.1, 0.15) is 25.5 Å². The zero-order valence-electron chi connectivity index (χ0n) is 10.8. The van der Waals surface area contributed by atoms with Gasteiger partial charge in [-0.1, -0.05) is 6.92 Å². The van der Waals surface area contributed by atoms with E-state index >= 15 is 0 Å². The summed E-state index contributed by atoms with van der Waals surface area (Å²) in [7, 11) is 0. The molecular formula is C13H22N4. The molecule has 0 aromatic carbocycles. The highest BCUT2D eigenvalue weighted by Gasteiger charge is 2.17. The molecule has 0 atom stereocenters. The van der Waals surface area contributed by atoms with Crippen molar-refractivity contribution in [2.24, 2.45) is 5.92 Å². The number of piperidine rings is 1. The van der Waals surface area contributed by atoms with Crippen molar-refractivity contribution in [3.63, 3.8) is 0 Å². The zero-order chi connectivity index (χ0) is 12.1. The molecule has 1 aliphatic heterocycles. The van der Waals surface area contributed by atoms with Gasteiger partial charge in [0.15, 0.2) is 0 Å². The van der Waals surface area contributed by atoms with E-state index in [-0.39, 0.29) is 0 Å². The summed E-state index contributed by atoms with van der Waals surface area (Å²) in [6.45, 7) is 8.88. The molecule has 1 aliphatic rings. The quantitative estimate of drug-likeness (QED) is 0.864. The maximum atomic E-state index is 4.36. The van der Waals surface area contributed by atoms with Gasteiger partial charge in [0.1, 0.15) is 0 Å². The average Bonchev–Trinajstić information content (AvgIpc) is 2.37. The van der Waals surface area contributed by atoms with Gasteiger partial charge in [-0.05, 0) is 51.4 Å². The molecule has 1 aromatic heterocycles. The van der Waals surface area contributed by atoms with Crippen molar-refractivity contribution < 1.29 is 0 Å². The zero-order valence-corrected chi connectivity index (χ0v) is 10.8. The summed E-state index contributed by atoms with van der Waals surface area (Å²) >= 11 is 0. The van der Waals surface area contributed by atoms with Crippen LogP contribution in [0.25, 0.3) is 0 Å². The molecule has 1 aromatic rings. The number of nitrogens with zero attached hydrogens (tertiary/aromatic N) is 3. The van der Waals surface area contributed by atoms with Crippen molar-refractivity contribution in [3.05, 3.63) is 18.0 Å². The first-order valence-electron chi connectivity index (χ1n) is 6.54. The minimum absolute atomic E-state index is 0.766. The van der Waals surface area contributed by atoms with Gasteiger partial charge >= 0.3 is 0 Å².